The molecule has 1 N–H and O–H groups in total. The second kappa shape index (κ2) is 3.14. The largest absolute Gasteiger partial charge is 0.506 e. The summed E-state index contributed by atoms with van der Waals surface area (Å²) < 4.78 is 0. The quantitative estimate of drug-likeness (QED) is 0.649. The molecule has 0 fully saturated rings. The van der Waals surface area contributed by atoms with Crippen LogP contribution in [0.2, 0.25) is 0 Å². The van der Waals surface area contributed by atoms with Gasteiger partial charge in [-0.05, 0) is 6.07 Å². The van der Waals surface area contributed by atoms with Crippen LogP contribution in [0.15, 0.2) is 18.5 Å². The molecular formula is C8H9NO2. The summed E-state index contributed by atoms with van der Waals surface area (Å²) in [5.74, 6) is -0.107. The van der Waals surface area contributed by atoms with Crippen LogP contribution in [0.1, 0.15) is 23.7 Å². The fourth-order valence-electron chi connectivity index (χ4n) is 0.812. The Balaban J connectivity index is 3.03. The Labute approximate surface area is 64.7 Å². The highest BCUT2D eigenvalue weighted by atomic mass is 16.3. The molecule has 0 spiro atoms. The number of carbonyl (C=O) groups excluding carboxylic acids is 1. The van der Waals surface area contributed by atoms with Crippen LogP contribution < -0.4 is 0 Å². The summed E-state index contributed by atoms with van der Waals surface area (Å²) in [5.41, 5.74) is 0.350. The van der Waals surface area contributed by atoms with Gasteiger partial charge < -0.3 is 5.11 Å². The normalized spacial score (nSPS) is 9.55. The first-order valence-corrected chi connectivity index (χ1v) is 3.42. The zero-order valence-electron chi connectivity index (χ0n) is 6.24. The minimum absolute atomic E-state index is 0.0423. The third-order valence-corrected chi connectivity index (χ3v) is 1.42. The van der Waals surface area contributed by atoms with E-state index in [1.165, 1.54) is 18.5 Å². The topological polar surface area (TPSA) is 50.2 Å². The fraction of sp³-hybridized carbons (Fsp3) is 0.250. The van der Waals surface area contributed by atoms with Crippen molar-refractivity contribution >= 4 is 5.78 Å². The lowest BCUT2D eigenvalue weighted by molar-refractivity contribution is 0.0985. The maximum Gasteiger partial charge on any atom is 0.166 e. The Morgan fingerprint density at radius 1 is 1.73 bits per heavy atom. The third-order valence-electron chi connectivity index (χ3n) is 1.42. The summed E-state index contributed by atoms with van der Waals surface area (Å²) in [4.78, 5) is 14.7. The molecule has 0 saturated heterocycles. The van der Waals surface area contributed by atoms with E-state index in [1.807, 2.05) is 0 Å². The minimum Gasteiger partial charge on any atom is -0.506 e. The van der Waals surface area contributed by atoms with E-state index in [2.05, 4.69) is 4.98 Å². The molecule has 0 saturated carbocycles. The fourth-order valence-corrected chi connectivity index (χ4v) is 0.812. The molecule has 0 aliphatic carbocycles. The van der Waals surface area contributed by atoms with Crippen LogP contribution in [0.4, 0.5) is 0 Å². The second-order valence-electron chi connectivity index (χ2n) is 2.17. The molecule has 3 nitrogen and oxygen atoms in total. The average molecular weight is 151 g/mol. The van der Waals surface area contributed by atoms with Crippen molar-refractivity contribution in [3.8, 4) is 5.75 Å². The Kier molecular flexibility index (Phi) is 2.21. The molecule has 0 bridgehead atoms. The van der Waals surface area contributed by atoms with Crippen molar-refractivity contribution in [2.75, 3.05) is 0 Å². The highest BCUT2D eigenvalue weighted by Crippen LogP contribution is 2.15. The molecule has 58 valence electrons. The Morgan fingerprint density at radius 3 is 3.00 bits per heavy atom. The van der Waals surface area contributed by atoms with Crippen molar-refractivity contribution in [2.45, 2.75) is 13.3 Å². The monoisotopic (exact) mass is 151 g/mol. The summed E-state index contributed by atoms with van der Waals surface area (Å²) in [6, 6.07) is 1.52. The van der Waals surface area contributed by atoms with Gasteiger partial charge >= 0.3 is 0 Å². The van der Waals surface area contributed by atoms with E-state index >= 15 is 0 Å². The van der Waals surface area contributed by atoms with Crippen molar-refractivity contribution in [1.29, 1.82) is 0 Å². The number of hydrogen-bond donors (Lipinski definition) is 1. The number of aromatic hydroxyl groups is 1. The van der Waals surface area contributed by atoms with Crippen molar-refractivity contribution < 1.29 is 9.90 Å². The van der Waals surface area contributed by atoms with Gasteiger partial charge in [-0.1, -0.05) is 6.92 Å². The number of ketones is 1. The molecule has 1 aromatic heterocycles. The van der Waals surface area contributed by atoms with Gasteiger partial charge in [0.2, 0.25) is 0 Å². The molecule has 3 heteroatoms. The van der Waals surface area contributed by atoms with Crippen molar-refractivity contribution in [1.82, 2.24) is 4.98 Å². The Hall–Kier alpha value is -1.38. The van der Waals surface area contributed by atoms with Gasteiger partial charge in [-0.3, -0.25) is 9.78 Å². The summed E-state index contributed by atoms with van der Waals surface area (Å²) >= 11 is 0. The lowest BCUT2D eigenvalue weighted by Gasteiger charge is -1.98. The maximum absolute atomic E-state index is 11.0. The molecule has 0 aliphatic heterocycles. The van der Waals surface area contributed by atoms with Crippen LogP contribution in [0, 0.1) is 0 Å². The zero-order valence-corrected chi connectivity index (χ0v) is 6.24. The van der Waals surface area contributed by atoms with Gasteiger partial charge in [0.25, 0.3) is 0 Å². The Bertz CT molecular complexity index is 271. The highest BCUT2D eigenvalue weighted by molar-refractivity contribution is 5.98. The number of nitrogens with zero attached hydrogens (tertiary/aromatic N) is 1. The van der Waals surface area contributed by atoms with Gasteiger partial charge in [0.05, 0.1) is 11.8 Å². The summed E-state index contributed by atoms with van der Waals surface area (Å²) in [7, 11) is 0. The molecule has 0 aromatic carbocycles. The molecule has 0 radical (unpaired) electrons. The van der Waals surface area contributed by atoms with Crippen molar-refractivity contribution in [3.05, 3.63) is 24.0 Å². The van der Waals surface area contributed by atoms with E-state index in [0.717, 1.165) is 0 Å². The van der Waals surface area contributed by atoms with E-state index in [9.17, 15) is 4.79 Å². The smallest absolute Gasteiger partial charge is 0.166 e. The van der Waals surface area contributed by atoms with Gasteiger partial charge in [-0.2, -0.15) is 0 Å². The van der Waals surface area contributed by atoms with E-state index in [1.54, 1.807) is 6.92 Å². The van der Waals surface area contributed by atoms with Crippen LogP contribution in [-0.4, -0.2) is 15.9 Å². The number of pyridine rings is 1. The lowest BCUT2D eigenvalue weighted by Crippen LogP contribution is -1.96. The summed E-state index contributed by atoms with van der Waals surface area (Å²) in [6.07, 6.45) is 3.16. The standard InChI is InChI=1S/C8H9NO2/c1-2-7(10)6-3-4-9-5-8(6)11/h3-5,11H,2H2,1H3. The molecule has 1 rings (SSSR count). The van der Waals surface area contributed by atoms with Crippen LogP contribution in [-0.2, 0) is 0 Å². The summed E-state index contributed by atoms with van der Waals surface area (Å²) in [6.45, 7) is 1.75. The molecule has 0 atom stereocenters. The highest BCUT2D eigenvalue weighted by Gasteiger charge is 2.06. The number of aromatic nitrogens is 1. The predicted octanol–water partition coefficient (Wildman–Crippen LogP) is 1.38. The lowest BCUT2D eigenvalue weighted by atomic mass is 10.1. The predicted molar refractivity (Wildman–Crippen MR) is 40.5 cm³/mol. The van der Waals surface area contributed by atoms with E-state index in [4.69, 9.17) is 5.11 Å². The Morgan fingerprint density at radius 2 is 2.45 bits per heavy atom. The molecule has 0 unspecified atom stereocenters. The number of carbonyl (C=O) groups is 1. The van der Waals surface area contributed by atoms with Gasteiger partial charge in [0, 0.05) is 12.6 Å². The van der Waals surface area contributed by atoms with E-state index < -0.39 is 0 Å². The first kappa shape index (κ1) is 7.72. The van der Waals surface area contributed by atoms with E-state index in [0.29, 0.717) is 12.0 Å². The van der Waals surface area contributed by atoms with Gasteiger partial charge in [0.1, 0.15) is 5.75 Å². The van der Waals surface area contributed by atoms with Gasteiger partial charge in [-0.25, -0.2) is 0 Å². The minimum atomic E-state index is -0.0649. The molecule has 0 amide bonds. The number of rotatable bonds is 2. The van der Waals surface area contributed by atoms with Gasteiger partial charge in [0.15, 0.2) is 5.78 Å². The summed E-state index contributed by atoms with van der Waals surface area (Å²) in [5, 5.41) is 9.13. The SMILES string of the molecule is CCC(=O)c1ccncc1O. The van der Waals surface area contributed by atoms with Crippen LogP contribution in [0.25, 0.3) is 0 Å². The third kappa shape index (κ3) is 1.55. The number of Topliss-reactive ketones (excluding diaryl/α,β-unsaturated/α-hetero) is 1. The second-order valence-corrected chi connectivity index (χ2v) is 2.17. The van der Waals surface area contributed by atoms with Crippen molar-refractivity contribution in [3.63, 3.8) is 0 Å². The molecule has 0 aliphatic rings. The van der Waals surface area contributed by atoms with Crippen LogP contribution >= 0.6 is 0 Å². The molecule has 1 aromatic rings. The maximum atomic E-state index is 11.0. The number of hydrogen-bond acceptors (Lipinski definition) is 3. The van der Waals surface area contributed by atoms with Crippen LogP contribution in [0.3, 0.4) is 0 Å². The van der Waals surface area contributed by atoms with E-state index in [-0.39, 0.29) is 11.5 Å². The first-order chi connectivity index (χ1) is 5.25. The zero-order chi connectivity index (χ0) is 8.27. The van der Waals surface area contributed by atoms with Crippen LogP contribution in [0.5, 0.6) is 5.75 Å². The van der Waals surface area contributed by atoms with Crippen molar-refractivity contribution in [2.24, 2.45) is 0 Å². The van der Waals surface area contributed by atoms with Gasteiger partial charge in [-0.15, -0.1) is 0 Å². The molecular weight excluding hydrogens is 142 g/mol. The molecule has 11 heavy (non-hydrogen) atoms. The first-order valence-electron chi connectivity index (χ1n) is 3.42. The molecule has 1 heterocycles. The average Bonchev–Trinajstić information content (AvgIpc) is 2.04.